The van der Waals surface area contributed by atoms with E-state index in [1.54, 1.807) is 27.8 Å². The number of carbonyl (C=O) groups excluding carboxylic acids is 3. The number of hydrogen-bond donors (Lipinski definition) is 1. The fourth-order valence-electron chi connectivity index (χ4n) is 1.78. The summed E-state index contributed by atoms with van der Waals surface area (Å²) < 4.78 is 25.9. The normalized spacial score (nSPS) is 11.1. The maximum absolute atomic E-state index is 11.7. The maximum atomic E-state index is 11.7. The van der Waals surface area contributed by atoms with E-state index in [1.165, 1.54) is 4.90 Å². The van der Waals surface area contributed by atoms with E-state index in [1.807, 2.05) is 0 Å². The third-order valence-corrected chi connectivity index (χ3v) is 3.31. The molecule has 0 saturated heterocycles. The van der Waals surface area contributed by atoms with Gasteiger partial charge in [0.25, 0.3) is 0 Å². The van der Waals surface area contributed by atoms with Crippen molar-refractivity contribution in [2.45, 2.75) is 39.2 Å². The lowest BCUT2D eigenvalue weighted by Gasteiger charge is -2.24. The molecule has 30 heavy (non-hydrogen) atoms. The zero-order valence-electron chi connectivity index (χ0n) is 18.1. The van der Waals surface area contributed by atoms with Gasteiger partial charge in [-0.05, 0) is 20.8 Å². The number of aliphatic carboxylic acids is 1. The third-order valence-electron chi connectivity index (χ3n) is 3.31. The fraction of sp³-hybridized carbons (Fsp3) is 0.789. The number of likely N-dealkylation sites (N-methyl/N-ethyl adjacent to an activating group) is 1. The zero-order chi connectivity index (χ0) is 23.0. The molecule has 0 aromatic carbocycles. The van der Waals surface area contributed by atoms with Gasteiger partial charge >= 0.3 is 18.0 Å². The van der Waals surface area contributed by atoms with E-state index in [0.29, 0.717) is 39.6 Å². The van der Waals surface area contributed by atoms with E-state index < -0.39 is 29.4 Å². The van der Waals surface area contributed by atoms with Crippen LogP contribution in [0.4, 0.5) is 4.79 Å². The van der Waals surface area contributed by atoms with Crippen LogP contribution in [0.25, 0.3) is 0 Å². The third kappa shape index (κ3) is 16.7. The van der Waals surface area contributed by atoms with Gasteiger partial charge in [0.15, 0.2) is 0 Å². The van der Waals surface area contributed by atoms with Crippen LogP contribution in [0, 0.1) is 0 Å². The van der Waals surface area contributed by atoms with Crippen LogP contribution >= 0.6 is 0 Å². The second kappa shape index (κ2) is 15.6. The maximum Gasteiger partial charge on any atom is 0.410 e. The molecule has 1 amide bonds. The van der Waals surface area contributed by atoms with Crippen LogP contribution < -0.4 is 0 Å². The summed E-state index contributed by atoms with van der Waals surface area (Å²) in [4.78, 5) is 45.6. The second-order valence-electron chi connectivity index (χ2n) is 7.19. The summed E-state index contributed by atoms with van der Waals surface area (Å²) in [6.45, 7) is 7.72. The first-order chi connectivity index (χ1) is 14.0. The Labute approximate surface area is 176 Å². The molecule has 0 aliphatic rings. The molecule has 0 unspecified atom stereocenters. The van der Waals surface area contributed by atoms with E-state index in [9.17, 15) is 19.2 Å². The fourth-order valence-corrected chi connectivity index (χ4v) is 1.78. The first-order valence-electron chi connectivity index (χ1n) is 9.62. The van der Waals surface area contributed by atoms with Crippen LogP contribution in [-0.4, -0.2) is 99.3 Å². The van der Waals surface area contributed by atoms with Crippen molar-refractivity contribution in [1.29, 1.82) is 0 Å². The van der Waals surface area contributed by atoms with Gasteiger partial charge in [0, 0.05) is 20.0 Å². The first-order valence-corrected chi connectivity index (χ1v) is 9.62. The number of rotatable bonds is 16. The molecule has 0 heterocycles. The van der Waals surface area contributed by atoms with Gasteiger partial charge in [0.05, 0.1) is 46.1 Å². The minimum Gasteiger partial charge on any atom is -0.476 e. The van der Waals surface area contributed by atoms with Crippen molar-refractivity contribution in [3.63, 3.8) is 0 Å². The number of amides is 1. The van der Waals surface area contributed by atoms with Gasteiger partial charge in [-0.15, -0.1) is 0 Å². The van der Waals surface area contributed by atoms with Gasteiger partial charge < -0.3 is 33.7 Å². The van der Waals surface area contributed by atoms with Gasteiger partial charge in [0.1, 0.15) is 12.2 Å². The Morgan fingerprint density at radius 3 is 1.80 bits per heavy atom. The number of Topliss-reactive ketones (excluding diaryl/α,β-unsaturated/α-hetero) is 1. The van der Waals surface area contributed by atoms with Crippen molar-refractivity contribution in [2.75, 3.05) is 59.8 Å². The van der Waals surface area contributed by atoms with Crippen LogP contribution in [0.15, 0.2) is 0 Å². The van der Waals surface area contributed by atoms with Gasteiger partial charge in [-0.1, -0.05) is 0 Å². The molecular weight excluding hydrogens is 402 g/mol. The highest BCUT2D eigenvalue weighted by Gasteiger charge is 2.19. The van der Waals surface area contributed by atoms with Crippen molar-refractivity contribution in [1.82, 2.24) is 4.90 Å². The molecule has 1 N–H and O–H groups in total. The van der Waals surface area contributed by atoms with Gasteiger partial charge in [-0.3, -0.25) is 9.59 Å². The molecule has 0 aromatic rings. The summed E-state index contributed by atoms with van der Waals surface area (Å²) in [5.41, 5.74) is -0.536. The largest absolute Gasteiger partial charge is 0.476 e. The summed E-state index contributed by atoms with van der Waals surface area (Å²) in [5, 5.41) is 8.39. The molecule has 0 rings (SSSR count). The summed E-state index contributed by atoms with van der Waals surface area (Å²) in [6, 6.07) is 0. The quantitative estimate of drug-likeness (QED) is 0.211. The van der Waals surface area contributed by atoms with Crippen LogP contribution in [-0.2, 0) is 38.1 Å². The van der Waals surface area contributed by atoms with Crippen LogP contribution in [0.5, 0.6) is 0 Å². The summed E-state index contributed by atoms with van der Waals surface area (Å²) >= 11 is 0. The number of ketones is 1. The van der Waals surface area contributed by atoms with E-state index in [2.05, 4.69) is 0 Å². The molecular formula is C19H33NO10. The smallest absolute Gasteiger partial charge is 0.410 e. The number of ether oxygens (including phenoxy) is 5. The Balaban J connectivity index is 3.44. The summed E-state index contributed by atoms with van der Waals surface area (Å²) in [6.07, 6.45) is -1.07. The molecule has 11 nitrogen and oxygen atoms in total. The average Bonchev–Trinajstić information content (AvgIpc) is 2.65. The molecule has 0 radical (unpaired) electrons. The van der Waals surface area contributed by atoms with Crippen molar-refractivity contribution in [3.8, 4) is 0 Å². The molecule has 0 saturated carbocycles. The molecule has 0 aliphatic heterocycles. The highest BCUT2D eigenvalue weighted by Crippen LogP contribution is 2.08. The van der Waals surface area contributed by atoms with E-state index in [4.69, 9.17) is 28.8 Å². The first kappa shape index (κ1) is 27.8. The molecule has 0 bridgehead atoms. The van der Waals surface area contributed by atoms with Crippen LogP contribution in [0.3, 0.4) is 0 Å². The topological polar surface area (TPSA) is 138 Å². The van der Waals surface area contributed by atoms with E-state index in [0.717, 1.165) is 0 Å². The molecule has 0 aromatic heterocycles. The predicted octanol–water partition coefficient (Wildman–Crippen LogP) is 0.880. The van der Waals surface area contributed by atoms with Crippen LogP contribution in [0.1, 0.15) is 33.6 Å². The SMILES string of the molecule is CN(CCOCCOCCOCCOC(=O)CCC(=O)C(=O)O)C(=O)OC(C)(C)C. The minimum absolute atomic E-state index is 0.00831. The van der Waals surface area contributed by atoms with Gasteiger partial charge in [0.2, 0.25) is 5.78 Å². The van der Waals surface area contributed by atoms with Crippen molar-refractivity contribution in [2.24, 2.45) is 0 Å². The van der Waals surface area contributed by atoms with Crippen molar-refractivity contribution >= 4 is 23.8 Å². The lowest BCUT2D eigenvalue weighted by molar-refractivity contribution is -0.151. The van der Waals surface area contributed by atoms with Crippen molar-refractivity contribution in [3.05, 3.63) is 0 Å². The molecule has 0 spiro atoms. The number of nitrogens with zero attached hydrogens (tertiary/aromatic N) is 1. The van der Waals surface area contributed by atoms with Gasteiger partial charge in [-0.25, -0.2) is 9.59 Å². The molecule has 174 valence electrons. The lowest BCUT2D eigenvalue weighted by Crippen LogP contribution is -2.36. The monoisotopic (exact) mass is 435 g/mol. The number of esters is 1. The van der Waals surface area contributed by atoms with Gasteiger partial charge in [-0.2, -0.15) is 0 Å². The summed E-state index contributed by atoms with van der Waals surface area (Å²) in [7, 11) is 1.64. The number of carbonyl (C=O) groups is 4. The van der Waals surface area contributed by atoms with E-state index in [-0.39, 0.29) is 26.1 Å². The summed E-state index contributed by atoms with van der Waals surface area (Å²) in [5.74, 6) is -3.25. The molecule has 0 aliphatic carbocycles. The molecule has 11 heteroatoms. The Morgan fingerprint density at radius 2 is 1.30 bits per heavy atom. The van der Waals surface area contributed by atoms with Crippen LogP contribution in [0.2, 0.25) is 0 Å². The molecule has 0 fully saturated rings. The predicted molar refractivity (Wildman–Crippen MR) is 104 cm³/mol. The Hall–Kier alpha value is -2.24. The Morgan fingerprint density at radius 1 is 0.800 bits per heavy atom. The van der Waals surface area contributed by atoms with E-state index >= 15 is 0 Å². The average molecular weight is 435 g/mol. The Bertz CT molecular complexity index is 544. The minimum atomic E-state index is -1.57. The number of hydrogen-bond acceptors (Lipinski definition) is 9. The Kier molecular flexibility index (Phi) is 14.4. The lowest BCUT2D eigenvalue weighted by atomic mass is 10.2. The number of carboxylic acids is 1. The van der Waals surface area contributed by atoms with Crippen molar-refractivity contribution < 1.29 is 48.0 Å². The highest BCUT2D eigenvalue weighted by molar-refractivity contribution is 6.32. The standard InChI is InChI=1S/C19H33NO10/c1-19(2,3)30-18(25)20(4)7-8-26-9-10-27-11-12-28-13-14-29-16(22)6-5-15(21)17(23)24/h5-14H2,1-4H3,(H,23,24). The zero-order valence-corrected chi connectivity index (χ0v) is 18.1. The molecule has 0 atom stereocenters. The number of carboxylic acid groups (broad SMARTS) is 1. The second-order valence-corrected chi connectivity index (χ2v) is 7.19. The highest BCUT2D eigenvalue weighted by atomic mass is 16.6.